The molecule has 0 aliphatic carbocycles. The zero-order chi connectivity index (χ0) is 22.3. The van der Waals surface area contributed by atoms with E-state index in [2.05, 4.69) is 6.92 Å². The van der Waals surface area contributed by atoms with Crippen LogP contribution in [0, 0.1) is 5.41 Å². The van der Waals surface area contributed by atoms with Crippen LogP contribution in [0.2, 0.25) is 0 Å². The molecular formula is C25H30O5. The number of rotatable bonds is 8. The maximum absolute atomic E-state index is 12.6. The van der Waals surface area contributed by atoms with Crippen molar-refractivity contribution in [2.24, 2.45) is 5.41 Å². The lowest BCUT2D eigenvalue weighted by Gasteiger charge is -2.16. The van der Waals surface area contributed by atoms with Crippen molar-refractivity contribution in [1.29, 1.82) is 0 Å². The van der Waals surface area contributed by atoms with E-state index in [4.69, 9.17) is 14.2 Å². The largest absolute Gasteiger partial charge is 0.496 e. The first-order valence-corrected chi connectivity index (χ1v) is 9.99. The molecule has 2 aromatic carbocycles. The maximum Gasteiger partial charge on any atom is 0.316 e. The standard InChI is InChI=1S/C25H30O5/c1-7-8-18-11-16-22(28-5)20(23(18)29-6)14-15-21(26)17-9-12-19(13-10-17)30-24(27)25(2,3)4/h9-16H,7-8H2,1-6H3. The first-order chi connectivity index (χ1) is 14.2. The first-order valence-electron chi connectivity index (χ1n) is 9.99. The topological polar surface area (TPSA) is 61.8 Å². The zero-order valence-corrected chi connectivity index (χ0v) is 18.6. The second-order valence-corrected chi connectivity index (χ2v) is 7.99. The Morgan fingerprint density at radius 1 is 0.967 bits per heavy atom. The second-order valence-electron chi connectivity index (χ2n) is 7.99. The van der Waals surface area contributed by atoms with Crippen LogP contribution in [0.15, 0.2) is 42.5 Å². The maximum atomic E-state index is 12.6. The number of carbonyl (C=O) groups is 2. The van der Waals surface area contributed by atoms with Gasteiger partial charge in [-0.05, 0) is 75.2 Å². The summed E-state index contributed by atoms with van der Waals surface area (Å²) < 4.78 is 16.4. The van der Waals surface area contributed by atoms with Gasteiger partial charge in [0, 0.05) is 5.56 Å². The van der Waals surface area contributed by atoms with Crippen molar-refractivity contribution in [2.75, 3.05) is 14.2 Å². The molecule has 2 aromatic rings. The molecule has 0 N–H and O–H groups in total. The average Bonchev–Trinajstić information content (AvgIpc) is 2.72. The van der Waals surface area contributed by atoms with Crippen molar-refractivity contribution in [2.45, 2.75) is 40.5 Å². The third-order valence-corrected chi connectivity index (χ3v) is 4.54. The Hall–Kier alpha value is -3.08. The van der Waals surface area contributed by atoms with E-state index in [-0.39, 0.29) is 11.8 Å². The van der Waals surface area contributed by atoms with Gasteiger partial charge in [-0.1, -0.05) is 19.4 Å². The molecule has 0 amide bonds. The van der Waals surface area contributed by atoms with Crippen LogP contribution in [0.4, 0.5) is 0 Å². The van der Waals surface area contributed by atoms with E-state index < -0.39 is 5.41 Å². The van der Waals surface area contributed by atoms with Crippen LogP contribution in [0.25, 0.3) is 6.08 Å². The molecule has 2 rings (SSSR count). The molecule has 0 fully saturated rings. The lowest BCUT2D eigenvalue weighted by molar-refractivity contribution is -0.142. The van der Waals surface area contributed by atoms with Crippen LogP contribution in [0.1, 0.15) is 55.6 Å². The Kier molecular flexibility index (Phi) is 7.81. The van der Waals surface area contributed by atoms with Gasteiger partial charge in [-0.15, -0.1) is 0 Å². The van der Waals surface area contributed by atoms with Gasteiger partial charge in [-0.25, -0.2) is 0 Å². The van der Waals surface area contributed by atoms with Crippen molar-refractivity contribution < 1.29 is 23.8 Å². The molecule has 0 radical (unpaired) electrons. The van der Waals surface area contributed by atoms with E-state index in [1.807, 2.05) is 12.1 Å². The average molecular weight is 411 g/mol. The van der Waals surface area contributed by atoms with Gasteiger partial charge < -0.3 is 14.2 Å². The van der Waals surface area contributed by atoms with Crippen molar-refractivity contribution in [3.63, 3.8) is 0 Å². The molecular weight excluding hydrogens is 380 g/mol. The molecule has 0 atom stereocenters. The zero-order valence-electron chi connectivity index (χ0n) is 18.6. The summed E-state index contributed by atoms with van der Waals surface area (Å²) in [4.78, 5) is 24.6. The van der Waals surface area contributed by atoms with Crippen molar-refractivity contribution in [3.8, 4) is 17.2 Å². The number of esters is 1. The minimum absolute atomic E-state index is 0.173. The Morgan fingerprint density at radius 3 is 2.17 bits per heavy atom. The molecule has 0 unspecified atom stereocenters. The fourth-order valence-electron chi connectivity index (χ4n) is 2.87. The van der Waals surface area contributed by atoms with E-state index >= 15 is 0 Å². The van der Waals surface area contributed by atoms with Gasteiger partial charge in [-0.3, -0.25) is 9.59 Å². The fourth-order valence-corrected chi connectivity index (χ4v) is 2.87. The summed E-state index contributed by atoms with van der Waals surface area (Å²) in [6, 6.07) is 10.4. The van der Waals surface area contributed by atoms with Crippen molar-refractivity contribution >= 4 is 17.8 Å². The molecule has 0 saturated heterocycles. The summed E-state index contributed by atoms with van der Waals surface area (Å²) in [5.41, 5.74) is 1.69. The number of hydrogen-bond donors (Lipinski definition) is 0. The second kappa shape index (κ2) is 10.1. The molecule has 160 valence electrons. The Labute approximate surface area is 178 Å². The van der Waals surface area contributed by atoms with Gasteiger partial charge in [0.25, 0.3) is 0 Å². The molecule has 5 nitrogen and oxygen atoms in total. The molecule has 0 saturated carbocycles. The monoisotopic (exact) mass is 410 g/mol. The third kappa shape index (κ3) is 5.72. The number of ketones is 1. The van der Waals surface area contributed by atoms with Crippen LogP contribution in [-0.4, -0.2) is 26.0 Å². The molecule has 0 bridgehead atoms. The summed E-state index contributed by atoms with van der Waals surface area (Å²) in [7, 11) is 3.20. The number of allylic oxidation sites excluding steroid dienone is 1. The fraction of sp³-hybridized carbons (Fsp3) is 0.360. The van der Waals surface area contributed by atoms with Crippen LogP contribution < -0.4 is 14.2 Å². The lowest BCUT2D eigenvalue weighted by Crippen LogP contribution is -2.25. The Morgan fingerprint density at radius 2 is 1.63 bits per heavy atom. The van der Waals surface area contributed by atoms with Gasteiger partial charge >= 0.3 is 5.97 Å². The number of aryl methyl sites for hydroxylation is 1. The predicted octanol–water partition coefficient (Wildman–Crippen LogP) is 5.50. The van der Waals surface area contributed by atoms with Gasteiger partial charge in [-0.2, -0.15) is 0 Å². The molecule has 0 heterocycles. The number of methoxy groups -OCH3 is 2. The third-order valence-electron chi connectivity index (χ3n) is 4.54. The normalized spacial score (nSPS) is 11.4. The molecule has 5 heteroatoms. The van der Waals surface area contributed by atoms with Crippen molar-refractivity contribution in [3.05, 3.63) is 59.2 Å². The highest BCUT2D eigenvalue weighted by Gasteiger charge is 2.23. The highest BCUT2D eigenvalue weighted by atomic mass is 16.5. The molecule has 0 aromatic heterocycles. The highest BCUT2D eigenvalue weighted by molar-refractivity contribution is 6.07. The van der Waals surface area contributed by atoms with Gasteiger partial charge in [0.15, 0.2) is 5.78 Å². The summed E-state index contributed by atoms with van der Waals surface area (Å²) in [6.45, 7) is 7.47. The lowest BCUT2D eigenvalue weighted by atomic mass is 9.97. The highest BCUT2D eigenvalue weighted by Crippen LogP contribution is 2.34. The Bertz CT molecular complexity index is 918. The molecule has 0 aliphatic heterocycles. The van der Waals surface area contributed by atoms with E-state index in [9.17, 15) is 9.59 Å². The molecule has 0 aliphatic rings. The molecule has 30 heavy (non-hydrogen) atoms. The number of benzene rings is 2. The van der Waals surface area contributed by atoms with Crippen LogP contribution >= 0.6 is 0 Å². The number of hydrogen-bond acceptors (Lipinski definition) is 5. The van der Waals surface area contributed by atoms with E-state index in [1.54, 1.807) is 65.3 Å². The van der Waals surface area contributed by atoms with Crippen molar-refractivity contribution in [1.82, 2.24) is 0 Å². The summed E-state index contributed by atoms with van der Waals surface area (Å²) in [5, 5.41) is 0. The minimum Gasteiger partial charge on any atom is -0.496 e. The Balaban J connectivity index is 2.23. The van der Waals surface area contributed by atoms with Gasteiger partial charge in [0.1, 0.15) is 17.2 Å². The number of carbonyl (C=O) groups excluding carboxylic acids is 2. The smallest absolute Gasteiger partial charge is 0.316 e. The van der Waals surface area contributed by atoms with Crippen LogP contribution in [-0.2, 0) is 11.2 Å². The quantitative estimate of drug-likeness (QED) is 0.249. The van der Waals surface area contributed by atoms with E-state index in [0.717, 1.165) is 24.0 Å². The SMILES string of the molecule is CCCc1ccc(OC)c(C=CC(=O)c2ccc(OC(=O)C(C)(C)C)cc2)c1OC. The van der Waals surface area contributed by atoms with E-state index in [0.29, 0.717) is 22.8 Å². The van der Waals surface area contributed by atoms with Crippen LogP contribution in [0.5, 0.6) is 17.2 Å². The predicted molar refractivity (Wildman–Crippen MR) is 118 cm³/mol. The van der Waals surface area contributed by atoms with Gasteiger partial charge in [0.05, 0.1) is 25.2 Å². The number of ether oxygens (including phenoxy) is 3. The first kappa shape index (κ1) is 23.2. The summed E-state index contributed by atoms with van der Waals surface area (Å²) >= 11 is 0. The van der Waals surface area contributed by atoms with E-state index in [1.165, 1.54) is 6.08 Å². The summed E-state index contributed by atoms with van der Waals surface area (Å²) in [6.07, 6.45) is 5.06. The summed E-state index contributed by atoms with van der Waals surface area (Å²) in [5.74, 6) is 1.26. The van der Waals surface area contributed by atoms with Crippen LogP contribution in [0.3, 0.4) is 0 Å². The van der Waals surface area contributed by atoms with Gasteiger partial charge in [0.2, 0.25) is 0 Å². The minimum atomic E-state index is -0.596. The molecule has 0 spiro atoms.